The van der Waals surface area contributed by atoms with E-state index in [1.54, 1.807) is 0 Å². The molecule has 7 nitrogen and oxygen atoms in total. The van der Waals surface area contributed by atoms with Gasteiger partial charge in [-0.2, -0.15) is 4.98 Å². The Labute approximate surface area is 176 Å². The average Bonchev–Trinajstić information content (AvgIpc) is 3.41. The van der Waals surface area contributed by atoms with Crippen LogP contribution in [0, 0.1) is 0 Å². The number of oxazole rings is 1. The van der Waals surface area contributed by atoms with E-state index in [9.17, 15) is 4.79 Å². The van der Waals surface area contributed by atoms with E-state index in [2.05, 4.69) is 20.2 Å². The van der Waals surface area contributed by atoms with E-state index in [0.717, 1.165) is 63.0 Å². The van der Waals surface area contributed by atoms with E-state index in [-0.39, 0.29) is 18.0 Å². The van der Waals surface area contributed by atoms with Crippen molar-refractivity contribution < 1.29 is 9.21 Å². The molecule has 2 fully saturated rings. The standard InChI is InChI=1S/C23H27N5O2/c29-22(25-18-10-14-27(16-18)15-17-8-11-24-12-9-17)20-6-3-4-13-28(20)23-26-19-5-1-2-7-21(19)30-23/h1-2,5,7-9,11-12,18,20H,3-4,6,10,13-16H2,(H,25,29)/t18-,20-/m0/s1. The predicted molar refractivity (Wildman–Crippen MR) is 115 cm³/mol. The lowest BCUT2D eigenvalue weighted by Crippen LogP contribution is -2.52. The number of rotatable bonds is 5. The van der Waals surface area contributed by atoms with Crippen LogP contribution in [0.25, 0.3) is 11.1 Å². The van der Waals surface area contributed by atoms with Gasteiger partial charge >= 0.3 is 0 Å². The minimum absolute atomic E-state index is 0.0905. The van der Waals surface area contributed by atoms with Crippen molar-refractivity contribution in [1.29, 1.82) is 0 Å². The normalized spacial score (nSPS) is 22.5. The summed E-state index contributed by atoms with van der Waals surface area (Å²) in [5.74, 6) is 0.0905. The number of hydrogen-bond donors (Lipinski definition) is 1. The molecule has 3 aromatic rings. The second kappa shape index (κ2) is 8.44. The first-order chi connectivity index (χ1) is 14.8. The Morgan fingerprint density at radius 2 is 1.97 bits per heavy atom. The number of aromatic nitrogens is 2. The lowest BCUT2D eigenvalue weighted by atomic mass is 10.0. The summed E-state index contributed by atoms with van der Waals surface area (Å²) >= 11 is 0. The van der Waals surface area contributed by atoms with E-state index >= 15 is 0 Å². The van der Waals surface area contributed by atoms with Gasteiger partial charge in [0.15, 0.2) is 5.58 Å². The molecule has 2 aromatic heterocycles. The largest absolute Gasteiger partial charge is 0.423 e. The maximum absolute atomic E-state index is 13.2. The summed E-state index contributed by atoms with van der Waals surface area (Å²) in [4.78, 5) is 26.3. The Hall–Kier alpha value is -2.93. The topological polar surface area (TPSA) is 74.5 Å². The van der Waals surface area contributed by atoms with E-state index < -0.39 is 0 Å². The summed E-state index contributed by atoms with van der Waals surface area (Å²) in [5.41, 5.74) is 2.85. The third-order valence-electron chi connectivity index (χ3n) is 6.11. The van der Waals surface area contributed by atoms with Crippen LogP contribution in [0.5, 0.6) is 0 Å². The monoisotopic (exact) mass is 405 g/mol. The van der Waals surface area contributed by atoms with Crippen LogP contribution in [0.3, 0.4) is 0 Å². The summed E-state index contributed by atoms with van der Waals surface area (Å²) in [5, 5.41) is 3.29. The summed E-state index contributed by atoms with van der Waals surface area (Å²) in [6.45, 7) is 3.56. The first-order valence-corrected chi connectivity index (χ1v) is 10.8. The second-order valence-corrected chi connectivity index (χ2v) is 8.25. The van der Waals surface area contributed by atoms with Crippen LogP contribution >= 0.6 is 0 Å². The smallest absolute Gasteiger partial charge is 0.299 e. The van der Waals surface area contributed by atoms with Crippen LogP contribution in [0.15, 0.2) is 53.2 Å². The molecule has 2 aliphatic heterocycles. The van der Waals surface area contributed by atoms with E-state index in [4.69, 9.17) is 4.42 Å². The van der Waals surface area contributed by atoms with Crippen molar-refractivity contribution >= 4 is 23.0 Å². The van der Waals surface area contributed by atoms with Crippen molar-refractivity contribution in [3.63, 3.8) is 0 Å². The molecule has 0 saturated carbocycles. The zero-order valence-electron chi connectivity index (χ0n) is 17.0. The Morgan fingerprint density at radius 3 is 2.83 bits per heavy atom. The molecule has 0 unspecified atom stereocenters. The zero-order chi connectivity index (χ0) is 20.3. The molecule has 0 aliphatic carbocycles. The fourth-order valence-electron chi connectivity index (χ4n) is 4.55. The first-order valence-electron chi connectivity index (χ1n) is 10.8. The van der Waals surface area contributed by atoms with Gasteiger partial charge in [0, 0.05) is 44.6 Å². The van der Waals surface area contributed by atoms with Crippen molar-refractivity contribution in [3.8, 4) is 0 Å². The van der Waals surface area contributed by atoms with Crippen LogP contribution in [0.1, 0.15) is 31.2 Å². The highest BCUT2D eigenvalue weighted by atomic mass is 16.4. The van der Waals surface area contributed by atoms with Gasteiger partial charge in [-0.25, -0.2) is 0 Å². The third kappa shape index (κ3) is 4.03. The van der Waals surface area contributed by atoms with Crippen molar-refractivity contribution in [2.45, 2.75) is 44.3 Å². The number of fused-ring (bicyclic) bond motifs is 1. The number of hydrogen-bond acceptors (Lipinski definition) is 6. The number of para-hydroxylation sites is 2. The Balaban J connectivity index is 1.23. The minimum Gasteiger partial charge on any atom is -0.423 e. The molecule has 1 N–H and O–H groups in total. The van der Waals surface area contributed by atoms with Gasteiger partial charge in [0.05, 0.1) is 0 Å². The molecule has 2 atom stereocenters. The number of pyridine rings is 1. The lowest BCUT2D eigenvalue weighted by molar-refractivity contribution is -0.123. The number of carbonyl (C=O) groups excluding carboxylic acids is 1. The molecular formula is C23H27N5O2. The average molecular weight is 406 g/mol. The van der Waals surface area contributed by atoms with Gasteiger partial charge in [-0.15, -0.1) is 0 Å². The molecular weight excluding hydrogens is 378 g/mol. The number of carbonyl (C=O) groups is 1. The van der Waals surface area contributed by atoms with Gasteiger partial charge in [0.2, 0.25) is 5.91 Å². The van der Waals surface area contributed by atoms with Crippen LogP contribution in [-0.2, 0) is 11.3 Å². The number of nitrogens with one attached hydrogen (secondary N) is 1. The SMILES string of the molecule is O=C(N[C@H]1CCN(Cc2ccncc2)C1)[C@@H]1CCCCN1c1nc2ccccc2o1. The number of amides is 1. The van der Waals surface area contributed by atoms with Crippen molar-refractivity contribution in [1.82, 2.24) is 20.2 Å². The molecule has 0 spiro atoms. The van der Waals surface area contributed by atoms with Crippen LogP contribution < -0.4 is 10.2 Å². The third-order valence-corrected chi connectivity index (χ3v) is 6.11. The first kappa shape index (κ1) is 19.1. The summed E-state index contributed by atoms with van der Waals surface area (Å²) in [7, 11) is 0. The minimum atomic E-state index is -0.221. The number of nitrogens with zero attached hydrogens (tertiary/aromatic N) is 4. The Morgan fingerprint density at radius 1 is 1.10 bits per heavy atom. The number of anilines is 1. The number of piperidine rings is 1. The molecule has 2 saturated heterocycles. The van der Waals surface area contributed by atoms with Gasteiger partial charge in [0.1, 0.15) is 11.6 Å². The van der Waals surface area contributed by atoms with Gasteiger partial charge in [-0.05, 0) is 55.5 Å². The molecule has 4 heterocycles. The molecule has 1 aromatic carbocycles. The van der Waals surface area contributed by atoms with E-state index in [0.29, 0.717) is 6.01 Å². The molecule has 1 amide bonds. The molecule has 156 valence electrons. The number of likely N-dealkylation sites (tertiary alicyclic amines) is 1. The lowest BCUT2D eigenvalue weighted by Gasteiger charge is -2.34. The van der Waals surface area contributed by atoms with Crippen LogP contribution in [0.4, 0.5) is 6.01 Å². The zero-order valence-corrected chi connectivity index (χ0v) is 17.0. The predicted octanol–water partition coefficient (Wildman–Crippen LogP) is 2.97. The quantitative estimate of drug-likeness (QED) is 0.703. The van der Waals surface area contributed by atoms with E-state index in [1.807, 2.05) is 53.7 Å². The van der Waals surface area contributed by atoms with Gasteiger partial charge in [-0.3, -0.25) is 14.7 Å². The van der Waals surface area contributed by atoms with E-state index in [1.165, 1.54) is 5.56 Å². The molecule has 0 bridgehead atoms. The highest BCUT2D eigenvalue weighted by Crippen LogP contribution is 2.28. The van der Waals surface area contributed by atoms with Crippen molar-refractivity contribution in [2.24, 2.45) is 0 Å². The molecule has 7 heteroatoms. The Bertz CT molecular complexity index is 972. The summed E-state index contributed by atoms with van der Waals surface area (Å²) in [6, 6.07) is 12.4. The summed E-state index contributed by atoms with van der Waals surface area (Å²) < 4.78 is 5.96. The Kier molecular flexibility index (Phi) is 5.36. The molecule has 30 heavy (non-hydrogen) atoms. The summed E-state index contributed by atoms with van der Waals surface area (Å²) in [6.07, 6.45) is 7.56. The second-order valence-electron chi connectivity index (χ2n) is 8.25. The van der Waals surface area contributed by atoms with Crippen LogP contribution in [-0.4, -0.2) is 52.5 Å². The highest BCUT2D eigenvalue weighted by Gasteiger charge is 2.34. The molecule has 5 rings (SSSR count). The maximum Gasteiger partial charge on any atom is 0.299 e. The van der Waals surface area contributed by atoms with Gasteiger partial charge in [-0.1, -0.05) is 12.1 Å². The molecule has 0 radical (unpaired) electrons. The maximum atomic E-state index is 13.2. The fourth-order valence-corrected chi connectivity index (χ4v) is 4.55. The molecule has 2 aliphatic rings. The fraction of sp³-hybridized carbons (Fsp3) is 0.435. The van der Waals surface area contributed by atoms with Gasteiger partial charge < -0.3 is 14.6 Å². The van der Waals surface area contributed by atoms with Crippen LogP contribution in [0.2, 0.25) is 0 Å². The number of benzene rings is 1. The highest BCUT2D eigenvalue weighted by molar-refractivity contribution is 5.85. The van der Waals surface area contributed by atoms with Crippen molar-refractivity contribution in [2.75, 3.05) is 24.5 Å². The van der Waals surface area contributed by atoms with Crippen molar-refractivity contribution in [3.05, 3.63) is 54.4 Å². The van der Waals surface area contributed by atoms with Gasteiger partial charge in [0.25, 0.3) is 6.01 Å².